The first kappa shape index (κ1) is 9.59. The third-order valence-corrected chi connectivity index (χ3v) is 2.59. The molecular weight excluding hydrogens is 222 g/mol. The lowest BCUT2D eigenvalue weighted by molar-refractivity contribution is 0.0693. The SMILES string of the molecule is O=C(O)c1[nH]c(=O)n2c1ncc1ccccc12. The van der Waals surface area contributed by atoms with E-state index in [0.29, 0.717) is 5.52 Å². The van der Waals surface area contributed by atoms with E-state index >= 15 is 0 Å². The molecule has 6 heteroatoms. The molecule has 2 aromatic heterocycles. The largest absolute Gasteiger partial charge is 0.476 e. The van der Waals surface area contributed by atoms with Gasteiger partial charge in [-0.05, 0) is 6.07 Å². The number of imidazole rings is 1. The number of H-pyrrole nitrogens is 1. The molecule has 0 amide bonds. The average molecular weight is 229 g/mol. The molecule has 0 unspecified atom stereocenters. The summed E-state index contributed by atoms with van der Waals surface area (Å²) in [4.78, 5) is 29.0. The van der Waals surface area contributed by atoms with Crippen molar-refractivity contribution in [3.05, 3.63) is 46.6 Å². The molecule has 0 spiro atoms. The monoisotopic (exact) mass is 229 g/mol. The van der Waals surface area contributed by atoms with Gasteiger partial charge in [0, 0.05) is 11.6 Å². The Labute approximate surface area is 94.2 Å². The summed E-state index contributed by atoms with van der Waals surface area (Å²) in [5.41, 5.74) is 0.0647. The van der Waals surface area contributed by atoms with Crippen LogP contribution in [0.3, 0.4) is 0 Å². The summed E-state index contributed by atoms with van der Waals surface area (Å²) in [6, 6.07) is 7.15. The first-order valence-corrected chi connectivity index (χ1v) is 4.90. The fraction of sp³-hybridized carbons (Fsp3) is 0. The first-order chi connectivity index (χ1) is 8.18. The van der Waals surface area contributed by atoms with Crippen molar-refractivity contribution in [3.8, 4) is 0 Å². The zero-order valence-corrected chi connectivity index (χ0v) is 8.54. The molecule has 0 aliphatic carbocycles. The van der Waals surface area contributed by atoms with E-state index in [1.807, 2.05) is 12.1 Å². The number of benzene rings is 1. The van der Waals surface area contributed by atoms with E-state index < -0.39 is 11.7 Å². The molecule has 3 aromatic rings. The molecule has 0 aliphatic rings. The standard InChI is InChI=1S/C11H7N3O3/c15-10(16)8-9-12-5-6-3-1-2-4-7(6)14(9)11(17)13-8/h1-5H,(H,13,17)(H,15,16). The Balaban J connectivity index is 2.60. The normalized spacial score (nSPS) is 11.1. The van der Waals surface area contributed by atoms with E-state index in [1.165, 1.54) is 4.40 Å². The molecule has 0 fully saturated rings. The first-order valence-electron chi connectivity index (χ1n) is 4.90. The van der Waals surface area contributed by atoms with Crippen molar-refractivity contribution in [2.75, 3.05) is 0 Å². The van der Waals surface area contributed by atoms with Gasteiger partial charge in [-0.3, -0.25) is 4.98 Å². The number of para-hydroxylation sites is 1. The Morgan fingerprint density at radius 3 is 2.88 bits per heavy atom. The number of carbonyl (C=O) groups is 1. The number of nitrogens with zero attached hydrogens (tertiary/aromatic N) is 2. The number of aromatic nitrogens is 3. The summed E-state index contributed by atoms with van der Waals surface area (Å²) in [5.74, 6) is -1.20. The van der Waals surface area contributed by atoms with E-state index in [9.17, 15) is 9.59 Å². The second-order valence-corrected chi connectivity index (χ2v) is 3.59. The predicted molar refractivity (Wildman–Crippen MR) is 60.3 cm³/mol. The van der Waals surface area contributed by atoms with Crippen LogP contribution in [0.25, 0.3) is 16.6 Å². The van der Waals surface area contributed by atoms with Crippen LogP contribution in [0.1, 0.15) is 10.5 Å². The molecular formula is C11H7N3O3. The van der Waals surface area contributed by atoms with Crippen LogP contribution in [-0.2, 0) is 0 Å². The van der Waals surface area contributed by atoms with Crippen molar-refractivity contribution < 1.29 is 9.90 Å². The van der Waals surface area contributed by atoms with Gasteiger partial charge in [-0.25, -0.2) is 19.0 Å². The summed E-state index contributed by atoms with van der Waals surface area (Å²) in [5, 5.41) is 9.72. The quantitative estimate of drug-likeness (QED) is 0.648. The highest BCUT2D eigenvalue weighted by Crippen LogP contribution is 2.14. The zero-order valence-electron chi connectivity index (χ0n) is 8.54. The second-order valence-electron chi connectivity index (χ2n) is 3.59. The number of aromatic carboxylic acids is 1. The summed E-state index contributed by atoms with van der Waals surface area (Å²) in [7, 11) is 0. The van der Waals surface area contributed by atoms with E-state index in [2.05, 4.69) is 9.97 Å². The lowest BCUT2D eigenvalue weighted by Gasteiger charge is -1.99. The molecule has 84 valence electrons. The van der Waals surface area contributed by atoms with E-state index in [-0.39, 0.29) is 11.3 Å². The lowest BCUT2D eigenvalue weighted by atomic mass is 10.2. The molecule has 0 saturated heterocycles. The van der Waals surface area contributed by atoms with Gasteiger partial charge in [0.2, 0.25) is 0 Å². The summed E-state index contributed by atoms with van der Waals surface area (Å²) < 4.78 is 1.26. The molecule has 0 atom stereocenters. The van der Waals surface area contributed by atoms with Crippen LogP contribution in [0.2, 0.25) is 0 Å². The summed E-state index contributed by atoms with van der Waals surface area (Å²) >= 11 is 0. The molecule has 0 bridgehead atoms. The Kier molecular flexibility index (Phi) is 1.79. The third-order valence-electron chi connectivity index (χ3n) is 2.59. The van der Waals surface area contributed by atoms with E-state index in [1.54, 1.807) is 18.3 Å². The van der Waals surface area contributed by atoms with Crippen LogP contribution in [0, 0.1) is 0 Å². The smallest absolute Gasteiger partial charge is 0.356 e. The zero-order chi connectivity index (χ0) is 12.0. The highest BCUT2D eigenvalue weighted by Gasteiger charge is 2.16. The van der Waals surface area contributed by atoms with Gasteiger partial charge in [0.1, 0.15) is 0 Å². The number of carboxylic acids is 1. The van der Waals surface area contributed by atoms with Gasteiger partial charge in [0.25, 0.3) is 0 Å². The second kappa shape index (κ2) is 3.18. The van der Waals surface area contributed by atoms with E-state index in [4.69, 9.17) is 5.11 Å². The molecule has 17 heavy (non-hydrogen) atoms. The van der Waals surface area contributed by atoms with Crippen molar-refractivity contribution in [2.24, 2.45) is 0 Å². The minimum absolute atomic E-state index is 0.126. The number of nitrogens with one attached hydrogen (secondary N) is 1. The van der Waals surface area contributed by atoms with Crippen LogP contribution in [0.5, 0.6) is 0 Å². The number of hydrogen-bond donors (Lipinski definition) is 2. The van der Waals surface area contributed by atoms with Crippen molar-refractivity contribution in [1.82, 2.24) is 14.4 Å². The highest BCUT2D eigenvalue weighted by atomic mass is 16.4. The molecule has 3 rings (SSSR count). The van der Waals surface area contributed by atoms with E-state index in [0.717, 1.165) is 5.39 Å². The molecule has 0 aliphatic heterocycles. The minimum Gasteiger partial charge on any atom is -0.476 e. The Morgan fingerprint density at radius 2 is 2.12 bits per heavy atom. The fourth-order valence-electron chi connectivity index (χ4n) is 1.85. The maximum Gasteiger partial charge on any atom is 0.356 e. The maximum atomic E-state index is 11.7. The summed E-state index contributed by atoms with van der Waals surface area (Å²) in [6.45, 7) is 0. The molecule has 2 N–H and O–H groups in total. The topological polar surface area (TPSA) is 87.5 Å². The number of hydrogen-bond acceptors (Lipinski definition) is 3. The van der Waals surface area contributed by atoms with Gasteiger partial charge < -0.3 is 5.11 Å². The van der Waals surface area contributed by atoms with Crippen molar-refractivity contribution in [2.45, 2.75) is 0 Å². The van der Waals surface area contributed by atoms with Crippen LogP contribution >= 0.6 is 0 Å². The lowest BCUT2D eigenvalue weighted by Crippen LogP contribution is -2.10. The van der Waals surface area contributed by atoms with Crippen LogP contribution in [-0.4, -0.2) is 25.4 Å². The number of rotatable bonds is 1. The Morgan fingerprint density at radius 1 is 1.35 bits per heavy atom. The molecule has 1 aromatic carbocycles. The van der Waals surface area contributed by atoms with Crippen LogP contribution in [0.4, 0.5) is 0 Å². The van der Waals surface area contributed by atoms with Crippen LogP contribution < -0.4 is 5.69 Å². The van der Waals surface area contributed by atoms with Crippen LogP contribution in [0.15, 0.2) is 35.3 Å². The van der Waals surface area contributed by atoms with Crippen molar-refractivity contribution >= 4 is 22.5 Å². The Bertz CT molecular complexity index is 800. The molecule has 0 radical (unpaired) electrons. The van der Waals surface area contributed by atoms with Crippen molar-refractivity contribution in [1.29, 1.82) is 0 Å². The number of aromatic amines is 1. The number of fused-ring (bicyclic) bond motifs is 3. The average Bonchev–Trinajstić information content (AvgIpc) is 2.67. The van der Waals surface area contributed by atoms with Gasteiger partial charge in [-0.2, -0.15) is 0 Å². The number of carboxylic acid groups (broad SMARTS) is 1. The van der Waals surface area contributed by atoms with Gasteiger partial charge >= 0.3 is 11.7 Å². The summed E-state index contributed by atoms with van der Waals surface area (Å²) in [6.07, 6.45) is 1.55. The highest BCUT2D eigenvalue weighted by molar-refractivity contribution is 5.94. The maximum absolute atomic E-state index is 11.7. The Hall–Kier alpha value is -2.63. The third kappa shape index (κ3) is 1.24. The van der Waals surface area contributed by atoms with Crippen molar-refractivity contribution in [3.63, 3.8) is 0 Å². The molecule has 0 saturated carbocycles. The fourth-order valence-corrected chi connectivity index (χ4v) is 1.85. The van der Waals surface area contributed by atoms with Gasteiger partial charge in [-0.1, -0.05) is 18.2 Å². The van der Waals surface area contributed by atoms with Gasteiger partial charge in [-0.15, -0.1) is 0 Å². The molecule has 2 heterocycles. The molecule has 6 nitrogen and oxygen atoms in total. The predicted octanol–water partition coefficient (Wildman–Crippen LogP) is 0.874. The van der Waals surface area contributed by atoms with Gasteiger partial charge in [0.15, 0.2) is 11.3 Å². The minimum atomic E-state index is -1.20. The van der Waals surface area contributed by atoms with Gasteiger partial charge in [0.05, 0.1) is 5.52 Å².